The van der Waals surface area contributed by atoms with E-state index in [2.05, 4.69) is 52.0 Å². The zero-order chi connectivity index (χ0) is 14.8. The predicted octanol–water partition coefficient (Wildman–Crippen LogP) is 6.67. The molecule has 0 atom stereocenters. The molecular weight excluding hydrogens is 216 g/mol. The summed E-state index contributed by atoms with van der Waals surface area (Å²) in [7, 11) is 0. The van der Waals surface area contributed by atoms with Crippen molar-refractivity contribution in [1.29, 1.82) is 0 Å². The molecule has 0 aliphatic rings. The van der Waals surface area contributed by atoms with Crippen molar-refractivity contribution in [3.8, 4) is 0 Å². The second kappa shape index (κ2) is 21.5. The van der Waals surface area contributed by atoms with Gasteiger partial charge in [0.2, 0.25) is 0 Å². The highest BCUT2D eigenvalue weighted by atomic mass is 14.0. The average Bonchev–Trinajstić information content (AvgIpc) is 2.45. The number of benzene rings is 1. The second-order valence-corrected chi connectivity index (χ2v) is 3.58. The van der Waals surface area contributed by atoms with Crippen LogP contribution in [0.1, 0.15) is 79.4 Å². The minimum absolute atomic E-state index is 1.16. The maximum Gasteiger partial charge on any atom is -0.0279 e. The Morgan fingerprint density at radius 2 is 1.11 bits per heavy atom. The van der Waals surface area contributed by atoms with Gasteiger partial charge in [0.15, 0.2) is 0 Å². The summed E-state index contributed by atoms with van der Waals surface area (Å²) in [5.41, 5.74) is 3.03. The largest absolute Gasteiger partial charge is 0.0683 e. The van der Waals surface area contributed by atoms with Gasteiger partial charge in [-0.3, -0.25) is 0 Å². The van der Waals surface area contributed by atoms with Gasteiger partial charge in [0, 0.05) is 0 Å². The number of aryl methyl sites for hydroxylation is 2. The van der Waals surface area contributed by atoms with Gasteiger partial charge in [-0.15, -0.1) is 0 Å². The second-order valence-electron chi connectivity index (χ2n) is 3.58. The van der Waals surface area contributed by atoms with Crippen LogP contribution in [0.5, 0.6) is 0 Å². The first kappa shape index (κ1) is 22.4. The average molecular weight is 252 g/mol. The highest BCUT2D eigenvalue weighted by molar-refractivity contribution is 5.26. The molecule has 0 aliphatic carbocycles. The van der Waals surface area contributed by atoms with E-state index < -0.39 is 0 Å². The van der Waals surface area contributed by atoms with Gasteiger partial charge in [-0.1, -0.05) is 92.5 Å². The van der Waals surface area contributed by atoms with Crippen molar-refractivity contribution in [2.75, 3.05) is 0 Å². The molecule has 0 radical (unpaired) electrons. The lowest BCUT2D eigenvalue weighted by Crippen LogP contribution is -1.90. The molecule has 0 fully saturated rings. The van der Waals surface area contributed by atoms with Crippen LogP contribution < -0.4 is 0 Å². The normalized spacial score (nSPS) is 7.78. The van der Waals surface area contributed by atoms with Gasteiger partial charge < -0.3 is 0 Å². The summed E-state index contributed by atoms with van der Waals surface area (Å²) in [4.78, 5) is 0. The summed E-state index contributed by atoms with van der Waals surface area (Å²) in [5.74, 6) is 0. The third-order valence-electron chi connectivity index (χ3n) is 2.02. The van der Waals surface area contributed by atoms with Crippen molar-refractivity contribution < 1.29 is 0 Å². The van der Waals surface area contributed by atoms with Crippen molar-refractivity contribution in [1.82, 2.24) is 0 Å². The molecule has 0 nitrogen and oxygen atoms in total. The lowest BCUT2D eigenvalue weighted by Gasteiger charge is -2.04. The molecule has 0 N–H and O–H groups in total. The predicted molar refractivity (Wildman–Crippen MR) is 88.5 cm³/mol. The molecule has 0 unspecified atom stereocenters. The van der Waals surface area contributed by atoms with Crippen molar-refractivity contribution in [3.63, 3.8) is 0 Å². The third-order valence-corrected chi connectivity index (χ3v) is 2.02. The highest BCUT2D eigenvalue weighted by Gasteiger charge is 1.96. The molecule has 1 rings (SSSR count). The molecule has 0 saturated heterocycles. The van der Waals surface area contributed by atoms with E-state index in [1.54, 1.807) is 0 Å². The maximum atomic E-state index is 2.24. The Balaban J connectivity index is -0.000000274. The van der Waals surface area contributed by atoms with E-state index in [1.807, 2.05) is 27.7 Å². The van der Waals surface area contributed by atoms with Crippen molar-refractivity contribution in [2.24, 2.45) is 0 Å². The van der Waals surface area contributed by atoms with Crippen molar-refractivity contribution in [3.05, 3.63) is 35.4 Å². The monoisotopic (exact) mass is 252 g/mol. The van der Waals surface area contributed by atoms with E-state index in [4.69, 9.17) is 0 Å². The summed E-state index contributed by atoms with van der Waals surface area (Å²) in [6.45, 7) is 16.7. The summed E-state index contributed by atoms with van der Waals surface area (Å²) in [5, 5.41) is 0. The highest BCUT2D eigenvalue weighted by Crippen LogP contribution is 2.10. The van der Waals surface area contributed by atoms with Gasteiger partial charge in [-0.25, -0.2) is 0 Å². The molecular formula is C18H36. The Morgan fingerprint density at radius 3 is 1.44 bits per heavy atom. The SMILES string of the molecule is CC.CC.CCC.CCCc1ccccc1CC. The lowest BCUT2D eigenvalue weighted by molar-refractivity contribution is 0.899. The van der Waals surface area contributed by atoms with Gasteiger partial charge >= 0.3 is 0 Å². The first-order valence-electron chi connectivity index (χ1n) is 7.86. The zero-order valence-electron chi connectivity index (χ0n) is 14.1. The molecule has 0 bridgehead atoms. The van der Waals surface area contributed by atoms with E-state index in [1.165, 1.54) is 30.4 Å². The van der Waals surface area contributed by atoms with E-state index in [0.29, 0.717) is 0 Å². The number of hydrogen-bond donors (Lipinski definition) is 0. The lowest BCUT2D eigenvalue weighted by atomic mass is 10.0. The molecule has 0 amide bonds. The topological polar surface area (TPSA) is 0 Å². The molecule has 0 heteroatoms. The van der Waals surface area contributed by atoms with Crippen LogP contribution in [0.25, 0.3) is 0 Å². The fourth-order valence-corrected chi connectivity index (χ4v) is 1.42. The van der Waals surface area contributed by atoms with Crippen LogP contribution in [0.2, 0.25) is 0 Å². The minimum Gasteiger partial charge on any atom is -0.0683 e. The van der Waals surface area contributed by atoms with Crippen LogP contribution in [0.3, 0.4) is 0 Å². The van der Waals surface area contributed by atoms with Crippen LogP contribution in [0, 0.1) is 0 Å². The molecule has 1 aromatic carbocycles. The fourth-order valence-electron chi connectivity index (χ4n) is 1.42. The molecule has 0 aliphatic heterocycles. The standard InChI is InChI=1S/C11H16.C3H8.2C2H6/c1-3-7-11-9-6-5-8-10(11)4-2;1-3-2;2*1-2/h5-6,8-9H,3-4,7H2,1-2H3;3H2,1-2H3;2*1-2H3. The number of hydrogen-bond acceptors (Lipinski definition) is 0. The van der Waals surface area contributed by atoms with Gasteiger partial charge in [-0.05, 0) is 24.0 Å². The summed E-state index contributed by atoms with van der Waals surface area (Å²) in [6.07, 6.45) is 4.89. The summed E-state index contributed by atoms with van der Waals surface area (Å²) < 4.78 is 0. The van der Waals surface area contributed by atoms with Gasteiger partial charge in [-0.2, -0.15) is 0 Å². The molecule has 0 aromatic heterocycles. The Hall–Kier alpha value is -0.780. The zero-order valence-corrected chi connectivity index (χ0v) is 14.1. The molecule has 0 spiro atoms. The molecule has 0 heterocycles. The fraction of sp³-hybridized carbons (Fsp3) is 0.667. The van der Waals surface area contributed by atoms with Crippen LogP contribution in [-0.4, -0.2) is 0 Å². The van der Waals surface area contributed by atoms with Gasteiger partial charge in [0.05, 0.1) is 0 Å². The van der Waals surface area contributed by atoms with E-state index in [0.717, 1.165) is 6.42 Å². The first-order chi connectivity index (χ1) is 8.79. The van der Waals surface area contributed by atoms with E-state index >= 15 is 0 Å². The Bertz CT molecular complexity index is 225. The molecule has 1 aromatic rings. The molecule has 18 heavy (non-hydrogen) atoms. The molecule has 0 saturated carbocycles. The minimum atomic E-state index is 1.16. The van der Waals surface area contributed by atoms with Gasteiger partial charge in [0.1, 0.15) is 0 Å². The smallest absolute Gasteiger partial charge is 0.0279 e. The Morgan fingerprint density at radius 1 is 0.722 bits per heavy atom. The van der Waals surface area contributed by atoms with E-state index in [-0.39, 0.29) is 0 Å². The summed E-state index contributed by atoms with van der Waals surface area (Å²) >= 11 is 0. The van der Waals surface area contributed by atoms with Crippen molar-refractivity contribution >= 4 is 0 Å². The Labute approximate surface area is 117 Å². The van der Waals surface area contributed by atoms with Crippen LogP contribution in [-0.2, 0) is 12.8 Å². The quantitative estimate of drug-likeness (QED) is 0.563. The van der Waals surface area contributed by atoms with Crippen molar-refractivity contribution in [2.45, 2.75) is 81.1 Å². The maximum absolute atomic E-state index is 2.24. The first-order valence-corrected chi connectivity index (χ1v) is 7.86. The van der Waals surface area contributed by atoms with E-state index in [9.17, 15) is 0 Å². The Kier molecular flexibility index (Phi) is 26.8. The van der Waals surface area contributed by atoms with Crippen LogP contribution in [0.4, 0.5) is 0 Å². The van der Waals surface area contributed by atoms with Gasteiger partial charge in [0.25, 0.3) is 0 Å². The number of rotatable bonds is 3. The van der Waals surface area contributed by atoms with Crippen LogP contribution in [0.15, 0.2) is 24.3 Å². The van der Waals surface area contributed by atoms with Crippen LogP contribution >= 0.6 is 0 Å². The summed E-state index contributed by atoms with van der Waals surface area (Å²) in [6, 6.07) is 8.72. The third kappa shape index (κ3) is 13.3. The molecule has 108 valence electrons.